The molecule has 88 valence electrons. The minimum atomic E-state index is -0.0231. The Morgan fingerprint density at radius 3 is 2.94 bits per heavy atom. The predicted octanol–water partition coefficient (Wildman–Crippen LogP) is 2.08. The van der Waals surface area contributed by atoms with Crippen molar-refractivity contribution in [2.24, 2.45) is 0 Å². The molecule has 1 N–H and O–H groups in total. The molecule has 0 atom stereocenters. The number of carbonyl (C=O) groups excluding carboxylic acids is 1. The van der Waals surface area contributed by atoms with E-state index in [0.29, 0.717) is 12.1 Å². The van der Waals surface area contributed by atoms with Gasteiger partial charge in [-0.2, -0.15) is 6.07 Å². The number of anilines is 1. The van der Waals surface area contributed by atoms with E-state index < -0.39 is 0 Å². The molecule has 1 heterocycles. The Balaban J connectivity index is 0.00000144. The van der Waals surface area contributed by atoms with E-state index in [1.165, 1.54) is 6.33 Å². The Bertz CT molecular complexity index is 542. The van der Waals surface area contributed by atoms with Crippen molar-refractivity contribution in [3.63, 3.8) is 0 Å². The van der Waals surface area contributed by atoms with Crippen LogP contribution < -0.4 is 5.32 Å². The second-order valence-corrected chi connectivity index (χ2v) is 3.51. The van der Waals surface area contributed by atoms with Crippen LogP contribution in [0.1, 0.15) is 19.0 Å². The number of rotatable bonds is 2. The average molecular weight is 398 g/mol. The van der Waals surface area contributed by atoms with Gasteiger partial charge in [-0.15, -0.1) is 12.1 Å². The van der Waals surface area contributed by atoms with Crippen LogP contribution in [0.2, 0.25) is 0 Å². The number of aryl methyl sites for hydroxylation is 1. The zero-order valence-electron chi connectivity index (χ0n) is 9.65. The maximum Gasteiger partial charge on any atom is 0.222 e. The van der Waals surface area contributed by atoms with Crippen LogP contribution in [0.4, 0.5) is 5.69 Å². The summed E-state index contributed by atoms with van der Waals surface area (Å²) in [5.41, 5.74) is 2.39. The van der Waals surface area contributed by atoms with E-state index in [4.69, 9.17) is 0 Å². The van der Waals surface area contributed by atoms with Crippen molar-refractivity contribution in [2.45, 2.75) is 20.3 Å². The van der Waals surface area contributed by atoms with Crippen molar-refractivity contribution in [1.29, 1.82) is 0 Å². The van der Waals surface area contributed by atoms with Crippen molar-refractivity contribution in [3.8, 4) is 0 Å². The molecule has 4 nitrogen and oxygen atoms in total. The maximum atomic E-state index is 11.2. The van der Waals surface area contributed by atoms with Gasteiger partial charge < -0.3 is 10.3 Å². The molecule has 0 saturated carbocycles. The van der Waals surface area contributed by atoms with E-state index in [-0.39, 0.29) is 27.0 Å². The first kappa shape index (κ1) is 13.8. The second-order valence-electron chi connectivity index (χ2n) is 3.51. The van der Waals surface area contributed by atoms with Gasteiger partial charge in [0.05, 0.1) is 0 Å². The van der Waals surface area contributed by atoms with Crippen LogP contribution in [0.3, 0.4) is 0 Å². The number of nitrogens with one attached hydrogen (secondary N) is 1. The smallest absolute Gasteiger partial charge is 0.222 e. The number of benzene rings is 1. The molecule has 0 aliphatic rings. The third kappa shape index (κ3) is 3.10. The maximum absolute atomic E-state index is 11.2. The zero-order valence-corrected chi connectivity index (χ0v) is 12.6. The summed E-state index contributed by atoms with van der Waals surface area (Å²) in [5.74, 6) is -0.0231. The summed E-state index contributed by atoms with van der Waals surface area (Å²) in [6, 6.07) is 6.59. The van der Waals surface area contributed by atoms with E-state index in [9.17, 15) is 4.79 Å². The summed E-state index contributed by atoms with van der Waals surface area (Å²) in [6.45, 7) is 3.72. The average Bonchev–Trinajstić information content (AvgIpc) is 2.30. The molecule has 0 fully saturated rings. The molecule has 2 aromatic rings. The van der Waals surface area contributed by atoms with Crippen molar-refractivity contribution < 1.29 is 25.9 Å². The van der Waals surface area contributed by atoms with Gasteiger partial charge in [-0.3, -0.25) is 4.79 Å². The molecular weight excluding hydrogens is 386 g/mol. The van der Waals surface area contributed by atoms with Crippen LogP contribution in [-0.4, -0.2) is 15.9 Å². The first-order chi connectivity index (χ1) is 7.70. The fraction of sp³-hybridized carbons (Fsp3) is 0.250. The molecule has 17 heavy (non-hydrogen) atoms. The number of hydrogen-bond acceptors (Lipinski definition) is 3. The summed E-state index contributed by atoms with van der Waals surface area (Å²) >= 11 is 0. The third-order valence-electron chi connectivity index (χ3n) is 2.36. The summed E-state index contributed by atoms with van der Waals surface area (Å²) in [5, 5.41) is 3.70. The molecule has 5 heteroatoms. The Kier molecular flexibility index (Phi) is 4.76. The Morgan fingerprint density at radius 2 is 2.24 bits per heavy atom. The number of hydrogen-bond donors (Lipinski definition) is 1. The second kappa shape index (κ2) is 5.87. The fourth-order valence-corrected chi connectivity index (χ4v) is 1.44. The number of carbonyl (C=O) groups is 1. The molecule has 1 aromatic carbocycles. The van der Waals surface area contributed by atoms with Crippen LogP contribution in [0.15, 0.2) is 18.5 Å². The molecule has 0 spiro atoms. The fourth-order valence-electron chi connectivity index (χ4n) is 1.44. The predicted molar refractivity (Wildman–Crippen MR) is 62.0 cm³/mol. The minimum Gasteiger partial charge on any atom is -0.350 e. The normalized spacial score (nSPS) is 9.76. The molecule has 0 saturated heterocycles. The molecule has 0 unspecified atom stereocenters. The largest absolute Gasteiger partial charge is 0.350 e. The van der Waals surface area contributed by atoms with Crippen LogP contribution in [0, 0.1) is 13.0 Å². The van der Waals surface area contributed by atoms with E-state index >= 15 is 0 Å². The third-order valence-corrected chi connectivity index (χ3v) is 2.36. The van der Waals surface area contributed by atoms with Gasteiger partial charge in [0.15, 0.2) is 0 Å². The topological polar surface area (TPSA) is 54.9 Å². The molecule has 0 radical (unpaired) electrons. The van der Waals surface area contributed by atoms with Gasteiger partial charge in [-0.05, 0) is 12.4 Å². The summed E-state index contributed by atoms with van der Waals surface area (Å²) in [7, 11) is 0. The number of amides is 1. The minimum absolute atomic E-state index is 0. The Morgan fingerprint density at radius 1 is 1.47 bits per heavy atom. The first-order valence-corrected chi connectivity index (χ1v) is 5.13. The van der Waals surface area contributed by atoms with E-state index in [0.717, 1.165) is 16.6 Å². The van der Waals surface area contributed by atoms with Crippen molar-refractivity contribution in [3.05, 3.63) is 30.2 Å². The molecular formula is C12H12N3OW-. The first-order valence-electron chi connectivity index (χ1n) is 5.13. The Labute approximate surface area is 114 Å². The van der Waals surface area contributed by atoms with Gasteiger partial charge in [0.1, 0.15) is 6.33 Å². The van der Waals surface area contributed by atoms with Gasteiger partial charge in [-0.1, -0.05) is 18.0 Å². The van der Waals surface area contributed by atoms with Crippen molar-refractivity contribution >= 4 is 22.5 Å². The van der Waals surface area contributed by atoms with Gasteiger partial charge in [0.25, 0.3) is 0 Å². The van der Waals surface area contributed by atoms with Crippen molar-refractivity contribution in [1.82, 2.24) is 9.97 Å². The standard InChI is InChI=1S/C12H12N3O.W/c1-3-12(16)15-9-4-5-11-10(6-9)8(2)13-7-14-11;/h5-7H,3H2,1-2H3,(H,15,16);/q-1;. The summed E-state index contributed by atoms with van der Waals surface area (Å²) < 4.78 is 0. The number of fused-ring (bicyclic) bond motifs is 1. The molecule has 1 amide bonds. The molecule has 0 bridgehead atoms. The van der Waals surface area contributed by atoms with E-state index in [1.54, 1.807) is 6.07 Å². The quantitative estimate of drug-likeness (QED) is 0.789. The van der Waals surface area contributed by atoms with Gasteiger partial charge in [-0.25, -0.2) is 4.98 Å². The molecule has 2 rings (SSSR count). The SMILES string of the molecule is CCC(=O)Nc1[c-]cc2ncnc(C)c2c1.[W]. The molecule has 0 aliphatic heterocycles. The monoisotopic (exact) mass is 398 g/mol. The van der Waals surface area contributed by atoms with Crippen LogP contribution in [-0.2, 0) is 25.9 Å². The van der Waals surface area contributed by atoms with Crippen LogP contribution in [0.25, 0.3) is 10.9 Å². The van der Waals surface area contributed by atoms with E-state index in [1.807, 2.05) is 19.9 Å². The number of aromatic nitrogens is 2. The summed E-state index contributed by atoms with van der Waals surface area (Å²) in [4.78, 5) is 19.5. The number of nitrogens with zero attached hydrogens (tertiary/aromatic N) is 2. The van der Waals surface area contributed by atoms with Gasteiger partial charge >= 0.3 is 0 Å². The molecule has 1 aromatic heterocycles. The zero-order chi connectivity index (χ0) is 11.5. The van der Waals surface area contributed by atoms with Gasteiger partial charge in [0.2, 0.25) is 5.91 Å². The van der Waals surface area contributed by atoms with Crippen LogP contribution in [0.5, 0.6) is 0 Å². The van der Waals surface area contributed by atoms with Crippen LogP contribution >= 0.6 is 0 Å². The summed E-state index contributed by atoms with van der Waals surface area (Å²) in [6.07, 6.45) is 1.98. The Hall–Kier alpha value is -1.28. The van der Waals surface area contributed by atoms with Crippen molar-refractivity contribution in [2.75, 3.05) is 5.32 Å². The van der Waals surface area contributed by atoms with E-state index in [2.05, 4.69) is 21.4 Å². The van der Waals surface area contributed by atoms with Gasteiger partial charge in [0, 0.05) is 33.2 Å². The molecule has 0 aliphatic carbocycles.